The molecule has 166 valence electrons. The lowest BCUT2D eigenvalue weighted by Gasteiger charge is -2.10. The van der Waals surface area contributed by atoms with E-state index in [2.05, 4.69) is 15.5 Å². The van der Waals surface area contributed by atoms with E-state index >= 15 is 0 Å². The van der Waals surface area contributed by atoms with Crippen LogP contribution in [0.4, 0.5) is 19.1 Å². The summed E-state index contributed by atoms with van der Waals surface area (Å²) in [6.45, 7) is 0. The number of carbonyl (C=O) groups excluding carboxylic acids is 2. The molecule has 0 saturated carbocycles. The fourth-order valence-corrected chi connectivity index (χ4v) is 3.25. The molecule has 0 radical (unpaired) electrons. The molecule has 0 aliphatic carbocycles. The highest BCUT2D eigenvalue weighted by atomic mass is 19.4. The van der Waals surface area contributed by atoms with Crippen molar-refractivity contribution in [1.29, 1.82) is 0 Å². The van der Waals surface area contributed by atoms with Crippen molar-refractivity contribution in [2.75, 3.05) is 5.32 Å². The van der Waals surface area contributed by atoms with Gasteiger partial charge in [0.05, 0.1) is 11.1 Å². The van der Waals surface area contributed by atoms with Crippen LogP contribution in [0.2, 0.25) is 0 Å². The van der Waals surface area contributed by atoms with E-state index in [1.54, 1.807) is 36.5 Å². The van der Waals surface area contributed by atoms with Gasteiger partial charge in [0.1, 0.15) is 5.69 Å². The summed E-state index contributed by atoms with van der Waals surface area (Å²) in [7, 11) is 0. The first kappa shape index (κ1) is 21.8. The number of alkyl halides is 3. The first-order valence-corrected chi connectivity index (χ1v) is 9.53. The Hall–Kier alpha value is -4.47. The van der Waals surface area contributed by atoms with E-state index < -0.39 is 23.6 Å². The van der Waals surface area contributed by atoms with Crippen molar-refractivity contribution >= 4 is 17.7 Å². The van der Waals surface area contributed by atoms with Gasteiger partial charge >= 0.3 is 6.18 Å². The van der Waals surface area contributed by atoms with Crippen LogP contribution >= 0.6 is 0 Å². The van der Waals surface area contributed by atoms with Gasteiger partial charge in [-0.2, -0.15) is 13.2 Å². The van der Waals surface area contributed by atoms with Crippen LogP contribution in [0, 0.1) is 0 Å². The third-order valence-electron chi connectivity index (χ3n) is 4.77. The van der Waals surface area contributed by atoms with Crippen LogP contribution in [0.5, 0.6) is 0 Å². The van der Waals surface area contributed by atoms with Crippen LogP contribution in [-0.4, -0.2) is 22.0 Å². The third kappa shape index (κ3) is 4.45. The van der Waals surface area contributed by atoms with Gasteiger partial charge in [-0.1, -0.05) is 29.4 Å². The monoisotopic (exact) mass is 452 g/mol. The Morgan fingerprint density at radius 3 is 2.48 bits per heavy atom. The van der Waals surface area contributed by atoms with Crippen LogP contribution in [0.15, 0.2) is 77.6 Å². The summed E-state index contributed by atoms with van der Waals surface area (Å²) in [5, 5.41) is 6.46. The molecule has 0 aliphatic rings. The lowest BCUT2D eigenvalue weighted by atomic mass is 9.96. The van der Waals surface area contributed by atoms with E-state index in [-0.39, 0.29) is 28.3 Å². The molecule has 0 atom stereocenters. The van der Waals surface area contributed by atoms with Crippen molar-refractivity contribution in [3.8, 4) is 22.4 Å². The zero-order valence-corrected chi connectivity index (χ0v) is 16.8. The van der Waals surface area contributed by atoms with Crippen LogP contribution in [0.1, 0.15) is 26.3 Å². The smallest absolute Gasteiger partial charge is 0.366 e. The van der Waals surface area contributed by atoms with E-state index in [4.69, 9.17) is 10.3 Å². The molecular formula is C23H15F3N4O3. The van der Waals surface area contributed by atoms with Crippen molar-refractivity contribution in [3.05, 3.63) is 89.7 Å². The number of halogens is 3. The number of nitrogens with two attached hydrogens (primary N) is 1. The van der Waals surface area contributed by atoms with Crippen molar-refractivity contribution in [2.45, 2.75) is 6.18 Å². The summed E-state index contributed by atoms with van der Waals surface area (Å²) < 4.78 is 44.5. The number of nitrogens with zero attached hydrogens (tertiary/aromatic N) is 2. The molecule has 7 nitrogen and oxygen atoms in total. The normalized spacial score (nSPS) is 11.2. The summed E-state index contributed by atoms with van der Waals surface area (Å²) in [6.07, 6.45) is -1.55. The van der Waals surface area contributed by atoms with Crippen molar-refractivity contribution in [3.63, 3.8) is 0 Å². The Morgan fingerprint density at radius 1 is 1.00 bits per heavy atom. The molecule has 2 aromatic carbocycles. The molecule has 0 saturated heterocycles. The van der Waals surface area contributed by atoms with Gasteiger partial charge in [-0.15, -0.1) is 0 Å². The van der Waals surface area contributed by atoms with Gasteiger partial charge in [-0.3, -0.25) is 19.9 Å². The van der Waals surface area contributed by atoms with E-state index in [1.807, 2.05) is 0 Å². The maximum atomic E-state index is 13.0. The van der Waals surface area contributed by atoms with Gasteiger partial charge < -0.3 is 10.3 Å². The molecule has 0 spiro atoms. The summed E-state index contributed by atoms with van der Waals surface area (Å²) in [5.74, 6) is -1.74. The molecule has 2 heterocycles. The van der Waals surface area contributed by atoms with E-state index in [0.29, 0.717) is 11.1 Å². The molecule has 10 heteroatoms. The first-order chi connectivity index (χ1) is 15.8. The number of rotatable bonds is 5. The molecule has 2 aromatic heterocycles. The van der Waals surface area contributed by atoms with E-state index in [9.17, 15) is 22.8 Å². The summed E-state index contributed by atoms with van der Waals surface area (Å²) >= 11 is 0. The highest BCUT2D eigenvalue weighted by molar-refractivity contribution is 6.08. The van der Waals surface area contributed by atoms with Crippen molar-refractivity contribution < 1.29 is 27.3 Å². The topological polar surface area (TPSA) is 111 Å². The molecule has 0 fully saturated rings. The fraction of sp³-hybridized carbons (Fsp3) is 0.0435. The number of aromatic nitrogens is 2. The van der Waals surface area contributed by atoms with Gasteiger partial charge in [-0.05, 0) is 36.4 Å². The number of primary amides is 1. The van der Waals surface area contributed by atoms with Crippen LogP contribution < -0.4 is 11.1 Å². The second-order valence-electron chi connectivity index (χ2n) is 6.92. The van der Waals surface area contributed by atoms with Gasteiger partial charge in [0.15, 0.2) is 0 Å². The quantitative estimate of drug-likeness (QED) is 0.453. The standard InChI is InChI=1S/C23H15F3N4O3/c24-23(25,26)15-7-3-5-13(11-15)21(32)29-22-18(16-8-1-2-9-17(16)20(27)31)19(30-33-22)14-6-4-10-28-12-14/h1-12H,(H2,27,31)(H,29,32). The zero-order chi connectivity index (χ0) is 23.6. The molecule has 3 N–H and O–H groups in total. The Labute approximate surface area is 185 Å². The Bertz CT molecular complexity index is 1330. The average Bonchev–Trinajstić information content (AvgIpc) is 3.22. The number of benzene rings is 2. The third-order valence-corrected chi connectivity index (χ3v) is 4.77. The van der Waals surface area contributed by atoms with E-state index in [0.717, 1.165) is 18.2 Å². The lowest BCUT2D eigenvalue weighted by Crippen LogP contribution is -2.15. The number of carbonyl (C=O) groups is 2. The predicted molar refractivity (Wildman–Crippen MR) is 113 cm³/mol. The summed E-state index contributed by atoms with van der Waals surface area (Å²) in [6, 6.07) is 13.7. The summed E-state index contributed by atoms with van der Waals surface area (Å²) in [5.41, 5.74) is 5.79. The highest BCUT2D eigenvalue weighted by Crippen LogP contribution is 2.39. The minimum atomic E-state index is -4.61. The number of anilines is 1. The summed E-state index contributed by atoms with van der Waals surface area (Å²) in [4.78, 5) is 28.8. The second-order valence-corrected chi connectivity index (χ2v) is 6.92. The zero-order valence-electron chi connectivity index (χ0n) is 16.8. The van der Waals surface area contributed by atoms with Gasteiger partial charge in [-0.25, -0.2) is 0 Å². The average molecular weight is 452 g/mol. The number of pyridine rings is 1. The maximum Gasteiger partial charge on any atom is 0.416 e. The van der Waals surface area contributed by atoms with Crippen LogP contribution in [-0.2, 0) is 6.18 Å². The van der Waals surface area contributed by atoms with Crippen molar-refractivity contribution in [2.24, 2.45) is 5.73 Å². The molecule has 4 aromatic rings. The van der Waals surface area contributed by atoms with Gasteiger partial charge in [0.2, 0.25) is 11.8 Å². The Morgan fingerprint density at radius 2 is 1.79 bits per heavy atom. The number of nitrogens with one attached hydrogen (secondary N) is 1. The highest BCUT2D eigenvalue weighted by Gasteiger charge is 2.31. The van der Waals surface area contributed by atoms with Crippen molar-refractivity contribution in [1.82, 2.24) is 10.1 Å². The molecule has 0 aliphatic heterocycles. The van der Waals surface area contributed by atoms with Crippen LogP contribution in [0.25, 0.3) is 22.4 Å². The fourth-order valence-electron chi connectivity index (χ4n) is 3.25. The van der Waals surface area contributed by atoms with Crippen LogP contribution in [0.3, 0.4) is 0 Å². The predicted octanol–water partition coefficient (Wildman–Crippen LogP) is 4.77. The SMILES string of the molecule is NC(=O)c1ccccc1-c1c(-c2cccnc2)noc1NC(=O)c1cccc(C(F)(F)F)c1. The molecule has 33 heavy (non-hydrogen) atoms. The molecular weight excluding hydrogens is 437 g/mol. The van der Waals surface area contributed by atoms with Gasteiger partial charge in [0.25, 0.3) is 5.91 Å². The maximum absolute atomic E-state index is 13.0. The number of hydrogen-bond donors (Lipinski definition) is 2. The second kappa shape index (κ2) is 8.58. The molecule has 0 unspecified atom stereocenters. The molecule has 4 rings (SSSR count). The lowest BCUT2D eigenvalue weighted by molar-refractivity contribution is -0.137. The molecule has 0 bridgehead atoms. The number of hydrogen-bond acceptors (Lipinski definition) is 5. The first-order valence-electron chi connectivity index (χ1n) is 9.53. The largest absolute Gasteiger partial charge is 0.416 e. The Balaban J connectivity index is 1.81. The minimum Gasteiger partial charge on any atom is -0.366 e. The van der Waals surface area contributed by atoms with E-state index in [1.165, 1.54) is 18.3 Å². The Kier molecular flexibility index (Phi) is 5.65. The molecule has 2 amide bonds. The minimum absolute atomic E-state index is 0.139. The van der Waals surface area contributed by atoms with Gasteiger partial charge in [0, 0.05) is 34.6 Å². The number of amides is 2.